The molecule has 2 aromatic heterocycles. The summed E-state index contributed by atoms with van der Waals surface area (Å²) in [7, 11) is 1.79. The third kappa shape index (κ3) is 6.24. The normalized spacial score (nSPS) is 15.3. The van der Waals surface area contributed by atoms with Gasteiger partial charge in [-0.15, -0.1) is 0 Å². The summed E-state index contributed by atoms with van der Waals surface area (Å²) in [6, 6.07) is 10.3. The largest absolute Gasteiger partial charge is 0.357 e. The van der Waals surface area contributed by atoms with Crippen LogP contribution in [0.1, 0.15) is 36.9 Å². The van der Waals surface area contributed by atoms with Gasteiger partial charge < -0.3 is 15.5 Å². The predicted molar refractivity (Wildman–Crippen MR) is 111 cm³/mol. The van der Waals surface area contributed by atoms with Crippen LogP contribution in [-0.2, 0) is 13.0 Å². The molecule has 2 aromatic rings. The van der Waals surface area contributed by atoms with E-state index in [-0.39, 0.29) is 0 Å². The third-order valence-electron chi connectivity index (χ3n) is 4.82. The second kappa shape index (κ2) is 10.5. The average molecular weight is 367 g/mol. The number of hydrogen-bond acceptors (Lipinski definition) is 4. The van der Waals surface area contributed by atoms with E-state index < -0.39 is 0 Å². The highest BCUT2D eigenvalue weighted by atomic mass is 15.2. The zero-order valence-electron chi connectivity index (χ0n) is 16.2. The number of nitrogens with one attached hydrogen (secondary N) is 2. The smallest absolute Gasteiger partial charge is 0.191 e. The van der Waals surface area contributed by atoms with E-state index in [2.05, 4.69) is 42.6 Å². The summed E-state index contributed by atoms with van der Waals surface area (Å²) in [4.78, 5) is 15.7. The molecule has 3 heterocycles. The lowest BCUT2D eigenvalue weighted by Crippen LogP contribution is -2.38. The van der Waals surface area contributed by atoms with Gasteiger partial charge in [0.1, 0.15) is 5.82 Å². The molecule has 6 heteroatoms. The van der Waals surface area contributed by atoms with E-state index in [1.807, 2.05) is 30.6 Å². The number of guanidine groups is 1. The van der Waals surface area contributed by atoms with Crippen molar-refractivity contribution in [1.29, 1.82) is 0 Å². The molecule has 1 aliphatic heterocycles. The SMILES string of the molecule is CN=C(NCCc1ccccn1)NCc1ccc(N2CCCCCC2)nc1. The maximum Gasteiger partial charge on any atom is 0.191 e. The average Bonchev–Trinajstić information content (AvgIpc) is 3.01. The van der Waals surface area contributed by atoms with Crippen LogP contribution in [0.15, 0.2) is 47.7 Å². The maximum absolute atomic E-state index is 4.67. The highest BCUT2D eigenvalue weighted by Crippen LogP contribution is 2.17. The van der Waals surface area contributed by atoms with Crippen LogP contribution in [0.2, 0.25) is 0 Å². The lowest BCUT2D eigenvalue weighted by Gasteiger charge is -2.21. The Kier molecular flexibility index (Phi) is 7.45. The van der Waals surface area contributed by atoms with Crippen LogP contribution in [0.4, 0.5) is 5.82 Å². The molecule has 0 aromatic carbocycles. The first-order valence-electron chi connectivity index (χ1n) is 9.89. The molecule has 2 N–H and O–H groups in total. The number of anilines is 1. The molecule has 1 saturated heterocycles. The van der Waals surface area contributed by atoms with Gasteiger partial charge in [-0.1, -0.05) is 25.0 Å². The minimum Gasteiger partial charge on any atom is -0.357 e. The Balaban J connectivity index is 1.43. The van der Waals surface area contributed by atoms with Crippen LogP contribution < -0.4 is 15.5 Å². The summed E-state index contributed by atoms with van der Waals surface area (Å²) < 4.78 is 0. The Morgan fingerprint density at radius 3 is 2.56 bits per heavy atom. The minimum absolute atomic E-state index is 0.705. The minimum atomic E-state index is 0.705. The lowest BCUT2D eigenvalue weighted by atomic mass is 10.2. The van der Waals surface area contributed by atoms with Gasteiger partial charge in [0.25, 0.3) is 0 Å². The van der Waals surface area contributed by atoms with E-state index in [9.17, 15) is 0 Å². The molecule has 144 valence electrons. The summed E-state index contributed by atoms with van der Waals surface area (Å²) in [5.41, 5.74) is 2.23. The Labute approximate surface area is 162 Å². The van der Waals surface area contributed by atoms with Crippen LogP contribution in [0.25, 0.3) is 0 Å². The van der Waals surface area contributed by atoms with Crippen molar-refractivity contribution in [3.05, 3.63) is 54.0 Å². The molecule has 3 rings (SSSR count). The number of nitrogens with zero attached hydrogens (tertiary/aromatic N) is 4. The van der Waals surface area contributed by atoms with E-state index in [0.29, 0.717) is 6.54 Å². The summed E-state index contributed by atoms with van der Waals surface area (Å²) in [5, 5.41) is 6.67. The maximum atomic E-state index is 4.67. The van der Waals surface area contributed by atoms with Gasteiger partial charge in [0.15, 0.2) is 5.96 Å². The van der Waals surface area contributed by atoms with Gasteiger partial charge in [-0.3, -0.25) is 9.98 Å². The predicted octanol–water partition coefficient (Wildman–Crippen LogP) is 2.76. The molecule has 0 unspecified atom stereocenters. The number of aromatic nitrogens is 2. The van der Waals surface area contributed by atoms with Gasteiger partial charge in [-0.2, -0.15) is 0 Å². The van der Waals surface area contributed by atoms with Gasteiger partial charge >= 0.3 is 0 Å². The monoisotopic (exact) mass is 366 g/mol. The Hall–Kier alpha value is -2.63. The van der Waals surface area contributed by atoms with Gasteiger partial charge in [0, 0.05) is 57.7 Å². The lowest BCUT2D eigenvalue weighted by molar-refractivity contribution is 0.726. The highest BCUT2D eigenvalue weighted by Gasteiger charge is 2.10. The van der Waals surface area contributed by atoms with Crippen LogP contribution in [0.3, 0.4) is 0 Å². The molecule has 0 saturated carbocycles. The molecule has 0 radical (unpaired) electrons. The molecule has 1 fully saturated rings. The van der Waals surface area contributed by atoms with Gasteiger partial charge in [-0.25, -0.2) is 4.98 Å². The first kappa shape index (κ1) is 19.1. The third-order valence-corrected chi connectivity index (χ3v) is 4.82. The molecule has 27 heavy (non-hydrogen) atoms. The fraction of sp³-hybridized carbons (Fsp3) is 0.476. The highest BCUT2D eigenvalue weighted by molar-refractivity contribution is 5.79. The van der Waals surface area contributed by atoms with Gasteiger partial charge in [0.05, 0.1) is 0 Å². The molecule has 1 aliphatic rings. The van der Waals surface area contributed by atoms with Crippen LogP contribution >= 0.6 is 0 Å². The Bertz CT molecular complexity index is 690. The Morgan fingerprint density at radius 1 is 1.04 bits per heavy atom. The van der Waals surface area contributed by atoms with E-state index in [0.717, 1.165) is 49.1 Å². The topological polar surface area (TPSA) is 65.4 Å². The molecule has 6 nitrogen and oxygen atoms in total. The van der Waals surface area contributed by atoms with E-state index in [1.54, 1.807) is 7.05 Å². The fourth-order valence-electron chi connectivity index (χ4n) is 3.27. The van der Waals surface area contributed by atoms with E-state index in [4.69, 9.17) is 0 Å². The standard InChI is InChI=1S/C21H30N6/c1-22-21(24-13-11-19-8-4-5-12-23-19)26-17-18-9-10-20(25-16-18)27-14-6-2-3-7-15-27/h4-5,8-10,12,16H,2-3,6-7,11,13-15,17H2,1H3,(H2,22,24,26). The molecule has 0 amide bonds. The summed E-state index contributed by atoms with van der Waals surface area (Å²) in [5.74, 6) is 1.89. The molecule has 0 bridgehead atoms. The zero-order valence-corrected chi connectivity index (χ0v) is 16.2. The fourth-order valence-corrected chi connectivity index (χ4v) is 3.27. The van der Waals surface area contributed by atoms with Gasteiger partial charge in [-0.05, 0) is 36.6 Å². The first-order valence-corrected chi connectivity index (χ1v) is 9.89. The van der Waals surface area contributed by atoms with E-state index in [1.165, 1.54) is 25.7 Å². The van der Waals surface area contributed by atoms with Crippen LogP contribution in [-0.4, -0.2) is 42.6 Å². The molecule has 0 aliphatic carbocycles. The van der Waals surface area contributed by atoms with Crippen LogP contribution in [0, 0.1) is 0 Å². The number of rotatable bonds is 6. The molecule has 0 spiro atoms. The molecule has 0 atom stereocenters. The summed E-state index contributed by atoms with van der Waals surface area (Å²) in [6.07, 6.45) is 9.87. The van der Waals surface area contributed by atoms with Crippen molar-refractivity contribution >= 4 is 11.8 Å². The number of pyridine rings is 2. The van der Waals surface area contributed by atoms with E-state index >= 15 is 0 Å². The van der Waals surface area contributed by atoms with Crippen molar-refractivity contribution in [2.24, 2.45) is 4.99 Å². The second-order valence-corrected chi connectivity index (χ2v) is 6.85. The van der Waals surface area contributed by atoms with Crippen LogP contribution in [0.5, 0.6) is 0 Å². The number of hydrogen-bond donors (Lipinski definition) is 2. The summed E-state index contributed by atoms with van der Waals surface area (Å²) >= 11 is 0. The quantitative estimate of drug-likeness (QED) is 0.608. The Morgan fingerprint density at radius 2 is 1.89 bits per heavy atom. The zero-order chi connectivity index (χ0) is 18.7. The van der Waals surface area contributed by atoms with Crippen molar-refractivity contribution in [1.82, 2.24) is 20.6 Å². The number of aliphatic imine (C=N–C) groups is 1. The van der Waals surface area contributed by atoms with Gasteiger partial charge in [0.2, 0.25) is 0 Å². The molecular formula is C21H30N6. The molecular weight excluding hydrogens is 336 g/mol. The summed E-state index contributed by atoms with van der Waals surface area (Å²) in [6.45, 7) is 3.74. The van der Waals surface area contributed by atoms with Crippen molar-refractivity contribution < 1.29 is 0 Å². The second-order valence-electron chi connectivity index (χ2n) is 6.85. The van der Waals surface area contributed by atoms with Crippen molar-refractivity contribution in [2.75, 3.05) is 31.6 Å². The van der Waals surface area contributed by atoms with Crippen molar-refractivity contribution in [3.8, 4) is 0 Å². The van der Waals surface area contributed by atoms with Crippen molar-refractivity contribution in [2.45, 2.75) is 38.6 Å². The first-order chi connectivity index (χ1) is 13.3. The van der Waals surface area contributed by atoms with Crippen molar-refractivity contribution in [3.63, 3.8) is 0 Å².